The Morgan fingerprint density at radius 2 is 2.13 bits per heavy atom. The van der Waals surface area contributed by atoms with Crippen molar-refractivity contribution in [1.29, 1.82) is 0 Å². The lowest BCUT2D eigenvalue weighted by Gasteiger charge is -2.03. The van der Waals surface area contributed by atoms with Crippen molar-refractivity contribution in [3.63, 3.8) is 0 Å². The van der Waals surface area contributed by atoms with Crippen molar-refractivity contribution in [2.24, 2.45) is 4.99 Å². The van der Waals surface area contributed by atoms with E-state index in [4.69, 9.17) is 0 Å². The van der Waals surface area contributed by atoms with Gasteiger partial charge in [-0.1, -0.05) is 38.1 Å². The maximum atomic E-state index is 4.30. The maximum Gasteiger partial charge on any atom is 0.0640 e. The van der Waals surface area contributed by atoms with Crippen molar-refractivity contribution in [1.82, 2.24) is 0 Å². The Kier molecular flexibility index (Phi) is 4.82. The van der Waals surface area contributed by atoms with E-state index in [9.17, 15) is 0 Å². The fraction of sp³-hybridized carbons (Fsp3) is 0.357. The average molecular weight is 201 g/mol. The first-order valence-electron chi connectivity index (χ1n) is 5.54. The second-order valence-electron chi connectivity index (χ2n) is 3.47. The minimum absolute atomic E-state index is 1.05. The topological polar surface area (TPSA) is 12.4 Å². The van der Waals surface area contributed by atoms with Gasteiger partial charge in [0.25, 0.3) is 0 Å². The van der Waals surface area contributed by atoms with Gasteiger partial charge in [0.1, 0.15) is 0 Å². The van der Waals surface area contributed by atoms with Gasteiger partial charge in [-0.2, -0.15) is 0 Å². The molecule has 0 aliphatic carbocycles. The van der Waals surface area contributed by atoms with Crippen LogP contribution < -0.4 is 0 Å². The molecule has 0 bridgehead atoms. The van der Waals surface area contributed by atoms with E-state index in [0.717, 1.165) is 18.6 Å². The minimum atomic E-state index is 1.05. The van der Waals surface area contributed by atoms with E-state index in [0.29, 0.717) is 0 Å². The summed E-state index contributed by atoms with van der Waals surface area (Å²) in [7, 11) is 1.84. The number of aliphatic imine (C=N–C) groups is 1. The number of nitrogens with zero attached hydrogens (tertiary/aromatic N) is 1. The van der Waals surface area contributed by atoms with Crippen LogP contribution in [0.15, 0.2) is 41.4 Å². The van der Waals surface area contributed by atoms with E-state index >= 15 is 0 Å². The number of aryl methyl sites for hydroxylation is 1. The van der Waals surface area contributed by atoms with Crippen LogP contribution >= 0.6 is 0 Å². The molecule has 0 N–H and O–H groups in total. The summed E-state index contributed by atoms with van der Waals surface area (Å²) in [6.45, 7) is 4.30. The zero-order valence-electron chi connectivity index (χ0n) is 9.83. The van der Waals surface area contributed by atoms with Crippen LogP contribution in [0, 0.1) is 0 Å². The summed E-state index contributed by atoms with van der Waals surface area (Å²) in [4.78, 5) is 4.30. The van der Waals surface area contributed by atoms with Crippen molar-refractivity contribution in [3.8, 4) is 0 Å². The van der Waals surface area contributed by atoms with Crippen molar-refractivity contribution in [2.45, 2.75) is 26.7 Å². The number of rotatable bonds is 4. The Hall–Kier alpha value is -1.37. The number of benzene rings is 1. The van der Waals surface area contributed by atoms with E-state index < -0.39 is 0 Å². The van der Waals surface area contributed by atoms with Gasteiger partial charge in [-0.25, -0.2) is 0 Å². The summed E-state index contributed by atoms with van der Waals surface area (Å²) in [5, 5.41) is 0. The van der Waals surface area contributed by atoms with Gasteiger partial charge >= 0.3 is 0 Å². The van der Waals surface area contributed by atoms with Crippen LogP contribution in [0.5, 0.6) is 0 Å². The van der Waals surface area contributed by atoms with Gasteiger partial charge in [-0.3, -0.25) is 4.99 Å². The van der Waals surface area contributed by atoms with E-state index in [1.807, 2.05) is 7.05 Å². The first-order chi connectivity index (χ1) is 7.31. The quantitative estimate of drug-likeness (QED) is 0.660. The van der Waals surface area contributed by atoms with Crippen LogP contribution in [-0.4, -0.2) is 12.8 Å². The van der Waals surface area contributed by atoms with Crippen LogP contribution in [0.1, 0.15) is 31.4 Å². The normalized spacial score (nSPS) is 12.3. The van der Waals surface area contributed by atoms with Crippen molar-refractivity contribution >= 4 is 5.71 Å². The van der Waals surface area contributed by atoms with E-state index in [-0.39, 0.29) is 0 Å². The van der Waals surface area contributed by atoms with E-state index in [2.05, 4.69) is 55.3 Å². The van der Waals surface area contributed by atoms with Crippen LogP contribution in [-0.2, 0) is 6.42 Å². The second-order valence-corrected chi connectivity index (χ2v) is 3.47. The van der Waals surface area contributed by atoms with Crippen molar-refractivity contribution < 1.29 is 0 Å². The molecule has 0 aliphatic rings. The standard InChI is InChI=1S/C14H19N/c1-4-6-10-14(15-3)13-9-7-8-12(5-2)11-13/h6-11H,4-5H2,1-3H3/b10-6-,15-14?. The van der Waals surface area contributed by atoms with Gasteiger partial charge in [0.2, 0.25) is 0 Å². The first-order valence-corrected chi connectivity index (χ1v) is 5.54. The Balaban J connectivity index is 2.97. The van der Waals surface area contributed by atoms with Crippen LogP contribution in [0.2, 0.25) is 0 Å². The Labute approximate surface area is 92.6 Å². The van der Waals surface area contributed by atoms with Gasteiger partial charge in [0, 0.05) is 7.05 Å². The lowest BCUT2D eigenvalue weighted by Crippen LogP contribution is -1.97. The molecular formula is C14H19N. The van der Waals surface area contributed by atoms with Crippen LogP contribution in [0.4, 0.5) is 0 Å². The molecule has 0 heterocycles. The van der Waals surface area contributed by atoms with E-state index in [1.165, 1.54) is 11.1 Å². The predicted molar refractivity (Wildman–Crippen MR) is 67.7 cm³/mol. The highest BCUT2D eigenvalue weighted by Gasteiger charge is 1.98. The van der Waals surface area contributed by atoms with Gasteiger partial charge < -0.3 is 0 Å². The summed E-state index contributed by atoms with van der Waals surface area (Å²) < 4.78 is 0. The molecule has 0 aliphatic heterocycles. The third-order valence-corrected chi connectivity index (χ3v) is 2.38. The molecule has 1 aromatic carbocycles. The zero-order chi connectivity index (χ0) is 11.1. The molecule has 1 heteroatoms. The molecule has 15 heavy (non-hydrogen) atoms. The van der Waals surface area contributed by atoms with Gasteiger partial charge in [0.05, 0.1) is 5.71 Å². The summed E-state index contributed by atoms with van der Waals surface area (Å²) in [6.07, 6.45) is 6.35. The third kappa shape index (κ3) is 3.35. The zero-order valence-corrected chi connectivity index (χ0v) is 9.83. The van der Waals surface area contributed by atoms with Crippen LogP contribution in [0.25, 0.3) is 0 Å². The van der Waals surface area contributed by atoms with Gasteiger partial charge in [-0.15, -0.1) is 0 Å². The van der Waals surface area contributed by atoms with Gasteiger partial charge in [-0.05, 0) is 36.1 Å². The highest BCUT2D eigenvalue weighted by atomic mass is 14.7. The molecule has 0 fully saturated rings. The molecule has 1 nitrogen and oxygen atoms in total. The lowest BCUT2D eigenvalue weighted by molar-refractivity contribution is 1.14. The van der Waals surface area contributed by atoms with E-state index in [1.54, 1.807) is 0 Å². The SMILES string of the molecule is CC/C=C\C(=NC)c1cccc(CC)c1. The summed E-state index contributed by atoms with van der Waals surface area (Å²) in [6, 6.07) is 8.57. The molecule has 0 radical (unpaired) electrons. The fourth-order valence-corrected chi connectivity index (χ4v) is 1.48. The maximum absolute atomic E-state index is 4.30. The lowest BCUT2D eigenvalue weighted by atomic mass is 10.0. The molecular weight excluding hydrogens is 182 g/mol. The molecule has 0 amide bonds. The first kappa shape index (κ1) is 11.7. The fourth-order valence-electron chi connectivity index (χ4n) is 1.48. The molecule has 0 spiro atoms. The largest absolute Gasteiger partial charge is 0.288 e. The highest BCUT2D eigenvalue weighted by Crippen LogP contribution is 2.08. The van der Waals surface area contributed by atoms with Gasteiger partial charge in [0.15, 0.2) is 0 Å². The Morgan fingerprint density at radius 1 is 1.33 bits per heavy atom. The molecule has 0 unspecified atom stereocenters. The highest BCUT2D eigenvalue weighted by molar-refractivity contribution is 6.08. The molecule has 1 rings (SSSR count). The van der Waals surface area contributed by atoms with Crippen molar-refractivity contribution in [3.05, 3.63) is 47.5 Å². The average Bonchev–Trinajstić information content (AvgIpc) is 2.30. The number of hydrogen-bond donors (Lipinski definition) is 0. The second kappa shape index (κ2) is 6.18. The molecule has 80 valence electrons. The Bertz CT molecular complexity index is 361. The Morgan fingerprint density at radius 3 is 2.73 bits per heavy atom. The van der Waals surface area contributed by atoms with Crippen molar-refractivity contribution in [2.75, 3.05) is 7.05 Å². The predicted octanol–water partition coefficient (Wildman–Crippen LogP) is 3.63. The summed E-state index contributed by atoms with van der Waals surface area (Å²) in [5.74, 6) is 0. The molecule has 0 atom stereocenters. The minimum Gasteiger partial charge on any atom is -0.288 e. The summed E-state index contributed by atoms with van der Waals surface area (Å²) in [5.41, 5.74) is 3.63. The molecule has 0 saturated carbocycles. The molecule has 0 saturated heterocycles. The molecule has 1 aromatic rings. The molecule has 0 aromatic heterocycles. The van der Waals surface area contributed by atoms with Crippen LogP contribution in [0.3, 0.4) is 0 Å². The monoisotopic (exact) mass is 201 g/mol. The third-order valence-electron chi connectivity index (χ3n) is 2.38. The number of hydrogen-bond acceptors (Lipinski definition) is 1. The smallest absolute Gasteiger partial charge is 0.0640 e. The number of allylic oxidation sites excluding steroid dienone is 2. The summed E-state index contributed by atoms with van der Waals surface area (Å²) >= 11 is 0.